The molecule has 0 radical (unpaired) electrons. The quantitative estimate of drug-likeness (QED) is 0.520. The first-order chi connectivity index (χ1) is 13.3. The summed E-state index contributed by atoms with van der Waals surface area (Å²) >= 11 is 3.33. The number of benzene rings is 2. The molecule has 0 fully saturated rings. The molecule has 2 rings (SSSR count). The van der Waals surface area contributed by atoms with Gasteiger partial charge in [-0.2, -0.15) is 5.26 Å². The van der Waals surface area contributed by atoms with Gasteiger partial charge in [-0.3, -0.25) is 10.1 Å². The van der Waals surface area contributed by atoms with Gasteiger partial charge in [-0.1, -0.05) is 28.1 Å². The third-order valence-electron chi connectivity index (χ3n) is 3.47. The minimum atomic E-state index is -1.07. The summed E-state index contributed by atoms with van der Waals surface area (Å²) in [6.45, 7) is 0.111. The van der Waals surface area contributed by atoms with E-state index in [1.54, 1.807) is 30.3 Å². The van der Waals surface area contributed by atoms with Crippen molar-refractivity contribution in [2.75, 3.05) is 7.11 Å². The Morgan fingerprint density at radius 3 is 2.68 bits per heavy atom. The van der Waals surface area contributed by atoms with Crippen LogP contribution in [0.4, 0.5) is 9.18 Å². The molecule has 0 bridgehead atoms. The van der Waals surface area contributed by atoms with Crippen molar-refractivity contribution in [1.29, 1.82) is 5.26 Å². The van der Waals surface area contributed by atoms with Crippen LogP contribution in [0.1, 0.15) is 11.1 Å². The third-order valence-corrected chi connectivity index (χ3v) is 4.15. The molecule has 0 saturated carbocycles. The molecule has 0 heterocycles. The molecular weight excluding hydrogens is 433 g/mol. The second kappa shape index (κ2) is 9.53. The molecule has 2 aromatic carbocycles. The van der Waals surface area contributed by atoms with Gasteiger partial charge >= 0.3 is 6.03 Å². The number of ether oxygens (including phenoxy) is 2. The molecule has 0 unspecified atom stereocenters. The SMILES string of the molecule is COc1cc(/C=C(/C#N)C(=O)NC(N)=O)c(Br)cc1OCc1cccc(F)c1. The number of imide groups is 1. The standard InChI is InChI=1S/C19H15BrFN3O4/c1-27-16-7-12(6-13(9-22)18(25)24-19(23)26)15(20)8-17(16)28-10-11-3-2-4-14(21)5-11/h2-8H,10H2,1H3,(H3,23,24,25,26)/b13-6-. The zero-order valence-corrected chi connectivity index (χ0v) is 16.2. The topological polar surface area (TPSA) is 114 Å². The van der Waals surface area contributed by atoms with E-state index in [4.69, 9.17) is 20.5 Å². The summed E-state index contributed by atoms with van der Waals surface area (Å²) in [6.07, 6.45) is 1.27. The lowest BCUT2D eigenvalue weighted by molar-refractivity contribution is -0.115. The molecule has 0 aliphatic heterocycles. The Hall–Kier alpha value is -3.38. The van der Waals surface area contributed by atoms with Gasteiger partial charge in [0.2, 0.25) is 0 Å². The second-order valence-corrected chi connectivity index (χ2v) is 6.29. The van der Waals surface area contributed by atoms with Crippen LogP contribution in [0.25, 0.3) is 6.08 Å². The molecule has 2 aromatic rings. The Morgan fingerprint density at radius 2 is 2.07 bits per heavy atom. The maximum Gasteiger partial charge on any atom is 0.319 e. The number of primary amides is 1. The Bertz CT molecular complexity index is 986. The number of nitrogens with two attached hydrogens (primary N) is 1. The lowest BCUT2D eigenvalue weighted by atomic mass is 10.1. The number of nitriles is 1. The van der Waals surface area contributed by atoms with Crippen LogP contribution in [-0.2, 0) is 11.4 Å². The monoisotopic (exact) mass is 447 g/mol. The summed E-state index contributed by atoms with van der Waals surface area (Å²) in [4.78, 5) is 22.6. The number of carbonyl (C=O) groups excluding carboxylic acids is 2. The number of carbonyl (C=O) groups is 2. The minimum Gasteiger partial charge on any atom is -0.493 e. The highest BCUT2D eigenvalue weighted by atomic mass is 79.9. The van der Waals surface area contributed by atoms with Crippen molar-refractivity contribution in [2.24, 2.45) is 5.73 Å². The molecule has 3 amide bonds. The van der Waals surface area contributed by atoms with E-state index in [1.807, 2.05) is 5.32 Å². The van der Waals surface area contributed by atoms with Crippen molar-refractivity contribution in [3.8, 4) is 17.6 Å². The van der Waals surface area contributed by atoms with Crippen molar-refractivity contribution in [3.63, 3.8) is 0 Å². The van der Waals surface area contributed by atoms with Crippen molar-refractivity contribution < 1.29 is 23.5 Å². The van der Waals surface area contributed by atoms with E-state index in [0.29, 0.717) is 27.1 Å². The van der Waals surface area contributed by atoms with E-state index in [0.717, 1.165) is 0 Å². The van der Waals surface area contributed by atoms with Crippen molar-refractivity contribution in [3.05, 3.63) is 63.4 Å². The van der Waals surface area contributed by atoms with Crippen LogP contribution in [0.15, 0.2) is 46.4 Å². The van der Waals surface area contributed by atoms with Gasteiger partial charge in [0.05, 0.1) is 7.11 Å². The summed E-state index contributed by atoms with van der Waals surface area (Å²) in [5, 5.41) is 11.0. The molecule has 0 aliphatic rings. The number of methoxy groups -OCH3 is 1. The van der Waals surface area contributed by atoms with Crippen molar-refractivity contribution in [2.45, 2.75) is 6.61 Å². The van der Waals surface area contributed by atoms with Crippen LogP contribution in [0.2, 0.25) is 0 Å². The zero-order chi connectivity index (χ0) is 20.7. The molecule has 144 valence electrons. The number of nitrogens with one attached hydrogen (secondary N) is 1. The number of urea groups is 1. The van der Waals surface area contributed by atoms with Gasteiger partial charge in [-0.05, 0) is 41.5 Å². The maximum atomic E-state index is 13.3. The number of hydrogen-bond acceptors (Lipinski definition) is 5. The third kappa shape index (κ3) is 5.56. The Morgan fingerprint density at radius 1 is 1.32 bits per heavy atom. The maximum absolute atomic E-state index is 13.3. The molecule has 0 aliphatic carbocycles. The van der Waals surface area contributed by atoms with Crippen LogP contribution >= 0.6 is 15.9 Å². The van der Waals surface area contributed by atoms with Gasteiger partial charge in [0.25, 0.3) is 5.91 Å². The zero-order valence-electron chi connectivity index (χ0n) is 14.7. The molecule has 0 saturated heterocycles. The first-order valence-corrected chi connectivity index (χ1v) is 8.60. The lowest BCUT2D eigenvalue weighted by Crippen LogP contribution is -2.35. The van der Waals surface area contributed by atoms with E-state index >= 15 is 0 Å². The normalized spacial score (nSPS) is 10.7. The van der Waals surface area contributed by atoms with E-state index in [9.17, 15) is 14.0 Å². The molecule has 28 heavy (non-hydrogen) atoms. The van der Waals surface area contributed by atoms with Gasteiger partial charge in [0, 0.05) is 4.47 Å². The fourth-order valence-electron chi connectivity index (χ4n) is 2.20. The average Bonchev–Trinajstić information content (AvgIpc) is 2.64. The van der Waals surface area contributed by atoms with Crippen LogP contribution in [0.5, 0.6) is 11.5 Å². The van der Waals surface area contributed by atoms with Crippen LogP contribution < -0.4 is 20.5 Å². The van der Waals surface area contributed by atoms with Gasteiger partial charge in [-0.15, -0.1) is 0 Å². The van der Waals surface area contributed by atoms with Crippen LogP contribution in [0.3, 0.4) is 0 Å². The number of nitrogens with zero attached hydrogens (tertiary/aromatic N) is 1. The predicted molar refractivity (Wildman–Crippen MR) is 103 cm³/mol. The average molecular weight is 448 g/mol. The first kappa shape index (κ1) is 20.9. The molecule has 0 aromatic heterocycles. The van der Waals surface area contributed by atoms with E-state index in [-0.39, 0.29) is 18.0 Å². The molecule has 3 N–H and O–H groups in total. The minimum absolute atomic E-state index is 0.111. The number of hydrogen-bond donors (Lipinski definition) is 2. The smallest absolute Gasteiger partial charge is 0.319 e. The first-order valence-electron chi connectivity index (χ1n) is 7.81. The Kier molecular flexibility index (Phi) is 7.12. The largest absolute Gasteiger partial charge is 0.493 e. The lowest BCUT2D eigenvalue weighted by Gasteiger charge is -2.13. The van der Waals surface area contributed by atoms with E-state index in [2.05, 4.69) is 15.9 Å². The number of rotatable bonds is 6. The molecule has 0 spiro atoms. The second-order valence-electron chi connectivity index (χ2n) is 5.43. The highest BCUT2D eigenvalue weighted by molar-refractivity contribution is 9.10. The molecule has 0 atom stereocenters. The molecule has 7 nitrogen and oxygen atoms in total. The highest BCUT2D eigenvalue weighted by Crippen LogP contribution is 2.35. The summed E-state index contributed by atoms with van der Waals surface area (Å²) < 4.78 is 24.7. The predicted octanol–water partition coefficient (Wildman–Crippen LogP) is 3.28. The van der Waals surface area contributed by atoms with Crippen molar-refractivity contribution in [1.82, 2.24) is 5.32 Å². The number of halogens is 2. The summed E-state index contributed by atoms with van der Waals surface area (Å²) in [7, 11) is 1.43. The van der Waals surface area contributed by atoms with Crippen LogP contribution in [0, 0.1) is 17.1 Å². The van der Waals surface area contributed by atoms with Gasteiger partial charge in [0.1, 0.15) is 24.1 Å². The fourth-order valence-corrected chi connectivity index (χ4v) is 2.64. The highest BCUT2D eigenvalue weighted by Gasteiger charge is 2.14. The van der Waals surface area contributed by atoms with Gasteiger partial charge < -0.3 is 15.2 Å². The fraction of sp³-hybridized carbons (Fsp3) is 0.105. The summed E-state index contributed by atoms with van der Waals surface area (Å²) in [6, 6.07) is 9.76. The van der Waals surface area contributed by atoms with Gasteiger partial charge in [-0.25, -0.2) is 9.18 Å². The Balaban J connectivity index is 2.29. The van der Waals surface area contributed by atoms with E-state index in [1.165, 1.54) is 25.3 Å². The molecular formula is C19H15BrFN3O4. The van der Waals surface area contributed by atoms with E-state index < -0.39 is 11.9 Å². The number of amides is 3. The van der Waals surface area contributed by atoms with Crippen molar-refractivity contribution >= 4 is 33.9 Å². The summed E-state index contributed by atoms with van der Waals surface area (Å²) in [5.41, 5.74) is 5.64. The Labute approximate surface area is 168 Å². The summed E-state index contributed by atoms with van der Waals surface area (Å²) in [5.74, 6) is -0.588. The van der Waals surface area contributed by atoms with Gasteiger partial charge in [0.15, 0.2) is 11.5 Å². The van der Waals surface area contributed by atoms with Crippen LogP contribution in [-0.4, -0.2) is 19.0 Å². The molecule has 9 heteroatoms.